The molecule has 2 spiro atoms. The molecule has 5 saturated carbocycles. The molecular formula is C30H48O3. The van der Waals surface area contributed by atoms with Gasteiger partial charge < -0.3 is 9.84 Å². The number of ketones is 1. The predicted molar refractivity (Wildman–Crippen MR) is 131 cm³/mol. The summed E-state index contributed by atoms with van der Waals surface area (Å²) in [6.07, 6.45) is 12.5. The van der Waals surface area contributed by atoms with Gasteiger partial charge in [0.1, 0.15) is 5.78 Å². The highest BCUT2D eigenvalue weighted by atomic mass is 16.5. The highest BCUT2D eigenvalue weighted by molar-refractivity contribution is 5.85. The van der Waals surface area contributed by atoms with E-state index in [0.29, 0.717) is 34.9 Å². The molecule has 0 aromatic rings. The molecule has 3 nitrogen and oxygen atoms in total. The number of carbonyl (C=O) groups is 1. The van der Waals surface area contributed by atoms with Crippen LogP contribution in [0.5, 0.6) is 0 Å². The lowest BCUT2D eigenvalue weighted by atomic mass is 9.42. The van der Waals surface area contributed by atoms with Crippen molar-refractivity contribution in [1.29, 1.82) is 0 Å². The number of ether oxygens (including phenoxy) is 1. The Labute approximate surface area is 201 Å². The van der Waals surface area contributed by atoms with Crippen molar-refractivity contribution in [1.82, 2.24) is 0 Å². The zero-order chi connectivity index (χ0) is 23.7. The first-order chi connectivity index (χ1) is 15.3. The molecule has 2 bridgehead atoms. The molecule has 5 aliphatic carbocycles. The number of aliphatic hydroxyl groups is 1. The van der Waals surface area contributed by atoms with Gasteiger partial charge in [-0.1, -0.05) is 41.5 Å². The summed E-state index contributed by atoms with van der Waals surface area (Å²) in [7, 11) is 0. The first kappa shape index (κ1) is 23.0. The Balaban J connectivity index is 1.39. The molecule has 0 amide bonds. The minimum atomic E-state index is -0.175. The van der Waals surface area contributed by atoms with E-state index in [4.69, 9.17) is 4.74 Å². The molecule has 1 saturated heterocycles. The van der Waals surface area contributed by atoms with Crippen LogP contribution in [0.1, 0.15) is 112 Å². The Morgan fingerprint density at radius 1 is 0.758 bits per heavy atom. The molecule has 186 valence electrons. The van der Waals surface area contributed by atoms with E-state index in [1.807, 2.05) is 0 Å². The number of fused-ring (bicyclic) bond motifs is 4. The molecule has 6 rings (SSSR count). The molecule has 0 aromatic carbocycles. The van der Waals surface area contributed by atoms with E-state index in [1.54, 1.807) is 0 Å². The molecular weight excluding hydrogens is 408 g/mol. The van der Waals surface area contributed by atoms with E-state index < -0.39 is 0 Å². The maximum Gasteiger partial charge on any atom is 0.138 e. The Bertz CT molecular complexity index is 861. The van der Waals surface area contributed by atoms with Gasteiger partial charge in [0.25, 0.3) is 0 Å². The molecule has 1 aliphatic heterocycles. The molecule has 1 heterocycles. The van der Waals surface area contributed by atoms with Crippen molar-refractivity contribution in [3.63, 3.8) is 0 Å². The number of carbonyl (C=O) groups excluding carboxylic acids is 1. The SMILES string of the molecule is CC1(C)C(=O)CC[C@@]2(C)[C@H]1CC[C@]13CO[C@@]4(CC[C@H]5C(C)(C)[C@H](O)CC[C@]5(C)[C@H]4CC[C@@H]12)C3. The van der Waals surface area contributed by atoms with Crippen molar-refractivity contribution >= 4 is 5.78 Å². The maximum absolute atomic E-state index is 12.9. The molecule has 9 atom stereocenters. The van der Waals surface area contributed by atoms with Gasteiger partial charge in [0.15, 0.2) is 0 Å². The van der Waals surface area contributed by atoms with E-state index in [1.165, 1.54) is 44.9 Å². The third-order valence-electron chi connectivity index (χ3n) is 13.6. The summed E-state index contributed by atoms with van der Waals surface area (Å²) in [6.45, 7) is 15.3. The van der Waals surface area contributed by atoms with Gasteiger partial charge in [0, 0.05) is 11.8 Å². The smallest absolute Gasteiger partial charge is 0.138 e. The molecule has 0 radical (unpaired) electrons. The zero-order valence-electron chi connectivity index (χ0n) is 22.1. The topological polar surface area (TPSA) is 46.5 Å². The number of rotatable bonds is 0. The van der Waals surface area contributed by atoms with Gasteiger partial charge >= 0.3 is 0 Å². The molecule has 33 heavy (non-hydrogen) atoms. The second-order valence-electron chi connectivity index (χ2n) is 15.3. The van der Waals surface area contributed by atoms with E-state index >= 15 is 0 Å². The van der Waals surface area contributed by atoms with Gasteiger partial charge in [-0.3, -0.25) is 4.79 Å². The molecule has 0 unspecified atom stereocenters. The van der Waals surface area contributed by atoms with Gasteiger partial charge in [-0.25, -0.2) is 0 Å². The Hall–Kier alpha value is -0.410. The summed E-state index contributed by atoms with van der Waals surface area (Å²) in [4.78, 5) is 12.9. The van der Waals surface area contributed by atoms with Gasteiger partial charge in [-0.2, -0.15) is 0 Å². The summed E-state index contributed by atoms with van der Waals surface area (Å²) in [5.41, 5.74) is 0.730. The van der Waals surface area contributed by atoms with Crippen LogP contribution < -0.4 is 0 Å². The van der Waals surface area contributed by atoms with Crippen LogP contribution in [-0.4, -0.2) is 29.2 Å². The Morgan fingerprint density at radius 2 is 1.42 bits per heavy atom. The van der Waals surface area contributed by atoms with E-state index in [9.17, 15) is 9.90 Å². The van der Waals surface area contributed by atoms with Crippen LogP contribution in [0.15, 0.2) is 0 Å². The fraction of sp³-hybridized carbons (Fsp3) is 0.967. The fourth-order valence-corrected chi connectivity index (χ4v) is 12.0. The van der Waals surface area contributed by atoms with Crippen molar-refractivity contribution in [2.75, 3.05) is 6.61 Å². The average molecular weight is 457 g/mol. The van der Waals surface area contributed by atoms with Crippen molar-refractivity contribution in [3.8, 4) is 0 Å². The van der Waals surface area contributed by atoms with Crippen molar-refractivity contribution in [2.45, 2.75) is 124 Å². The van der Waals surface area contributed by atoms with Gasteiger partial charge in [-0.15, -0.1) is 0 Å². The molecule has 6 aliphatic rings. The van der Waals surface area contributed by atoms with Crippen LogP contribution >= 0.6 is 0 Å². The lowest BCUT2D eigenvalue weighted by Crippen LogP contribution is -2.61. The van der Waals surface area contributed by atoms with Crippen molar-refractivity contribution < 1.29 is 14.6 Å². The molecule has 6 fully saturated rings. The summed E-state index contributed by atoms with van der Waals surface area (Å²) < 4.78 is 7.09. The third-order valence-corrected chi connectivity index (χ3v) is 13.6. The summed E-state index contributed by atoms with van der Waals surface area (Å²) in [6, 6.07) is 0. The minimum Gasteiger partial charge on any atom is -0.393 e. The summed E-state index contributed by atoms with van der Waals surface area (Å²) in [5.74, 6) is 2.90. The van der Waals surface area contributed by atoms with Gasteiger partial charge in [0.2, 0.25) is 0 Å². The lowest BCUT2D eigenvalue weighted by molar-refractivity contribution is -0.208. The second-order valence-corrected chi connectivity index (χ2v) is 15.3. The average Bonchev–Trinajstić information content (AvgIpc) is 2.99. The number of Topliss-reactive ketones (excluding diaryl/α,β-unsaturated/α-hetero) is 1. The van der Waals surface area contributed by atoms with Crippen LogP contribution in [0.25, 0.3) is 0 Å². The molecule has 3 heteroatoms. The van der Waals surface area contributed by atoms with E-state index in [-0.39, 0.29) is 33.4 Å². The second kappa shape index (κ2) is 6.67. The van der Waals surface area contributed by atoms with Crippen LogP contribution in [0, 0.1) is 50.7 Å². The standard InChI is InChI=1S/C30H48O3/c1-25(2)19-9-15-29-17-30(33-18-29)16-10-20-26(3,4)24(32)12-14-28(20,6)22(30)8-7-21(29)27(19,5)13-11-23(25)31/h19-22,24,32H,7-18H2,1-6H3/t19-,20-,21+,22+,24+,27-,28-,29-,30-/m0/s1. The first-order valence-electron chi connectivity index (χ1n) is 14.2. The van der Waals surface area contributed by atoms with Gasteiger partial charge in [0.05, 0.1) is 18.3 Å². The lowest BCUT2D eigenvalue weighted by Gasteiger charge is -2.63. The highest BCUT2D eigenvalue weighted by Gasteiger charge is 2.71. The Morgan fingerprint density at radius 3 is 2.18 bits per heavy atom. The summed E-state index contributed by atoms with van der Waals surface area (Å²) >= 11 is 0. The predicted octanol–water partition coefficient (Wildman–Crippen LogP) is 6.56. The van der Waals surface area contributed by atoms with Crippen LogP contribution in [0.3, 0.4) is 0 Å². The number of aliphatic hydroxyl groups excluding tert-OH is 1. The maximum atomic E-state index is 12.9. The number of hydrogen-bond acceptors (Lipinski definition) is 3. The number of hydrogen-bond donors (Lipinski definition) is 1. The monoisotopic (exact) mass is 456 g/mol. The van der Waals surface area contributed by atoms with Crippen LogP contribution in [0.2, 0.25) is 0 Å². The third kappa shape index (κ3) is 2.68. The first-order valence-corrected chi connectivity index (χ1v) is 14.2. The van der Waals surface area contributed by atoms with Crippen molar-refractivity contribution in [2.24, 2.45) is 50.7 Å². The Kier molecular flexibility index (Phi) is 4.65. The fourth-order valence-electron chi connectivity index (χ4n) is 12.0. The van der Waals surface area contributed by atoms with E-state index in [0.717, 1.165) is 32.3 Å². The van der Waals surface area contributed by atoms with Gasteiger partial charge in [-0.05, 0) is 110 Å². The quantitative estimate of drug-likeness (QED) is 0.449. The zero-order valence-corrected chi connectivity index (χ0v) is 22.1. The van der Waals surface area contributed by atoms with E-state index in [2.05, 4.69) is 41.5 Å². The normalized spacial score (nSPS) is 56.7. The molecule has 1 N–H and O–H groups in total. The largest absolute Gasteiger partial charge is 0.393 e. The summed E-state index contributed by atoms with van der Waals surface area (Å²) in [5, 5.41) is 10.9. The van der Waals surface area contributed by atoms with Crippen molar-refractivity contribution in [3.05, 3.63) is 0 Å². The molecule has 0 aromatic heterocycles. The van der Waals surface area contributed by atoms with Crippen LogP contribution in [-0.2, 0) is 9.53 Å². The van der Waals surface area contributed by atoms with Crippen LogP contribution in [0.4, 0.5) is 0 Å². The minimum absolute atomic E-state index is 0.00516. The highest BCUT2D eigenvalue weighted by Crippen LogP contribution is 2.74.